The number of nitrogens with zero attached hydrogens (tertiary/aromatic N) is 2. The van der Waals surface area contributed by atoms with Crippen molar-refractivity contribution in [2.24, 2.45) is 5.73 Å². The summed E-state index contributed by atoms with van der Waals surface area (Å²) < 4.78 is 0. The quantitative estimate of drug-likeness (QED) is 0.422. The van der Waals surface area contributed by atoms with E-state index in [1.165, 1.54) is 0 Å². The average Bonchev–Trinajstić information content (AvgIpc) is 2.74. The van der Waals surface area contributed by atoms with Crippen molar-refractivity contribution in [3.05, 3.63) is 82.7 Å². The van der Waals surface area contributed by atoms with Gasteiger partial charge in [-0.2, -0.15) is 0 Å². The minimum atomic E-state index is -1.06. The van der Waals surface area contributed by atoms with Crippen molar-refractivity contribution in [3.8, 4) is 0 Å². The number of nitrogens with two attached hydrogens (primary N) is 1. The highest BCUT2D eigenvalue weighted by Gasteiger charge is 2.09. The number of amides is 2. The standard InChI is InChI=1S/C23H25N5O3/c1-15-13-25-22(27-19-9-6-16(7-10-19)14-26-23(30)31)28-20(15)11-8-17-4-2-3-5-18(17)12-21(24)29/h2-7,9-10,13,26H,8,11-12,14H2,1H3,(H2,24,29)(H,30,31)(H,25,27,28). The normalized spacial score (nSPS) is 10.5. The molecule has 0 fully saturated rings. The molecule has 8 nitrogen and oxygen atoms in total. The van der Waals surface area contributed by atoms with Crippen LogP contribution in [0.25, 0.3) is 0 Å². The van der Waals surface area contributed by atoms with Gasteiger partial charge in [-0.25, -0.2) is 14.8 Å². The summed E-state index contributed by atoms with van der Waals surface area (Å²) in [6.45, 7) is 2.22. The van der Waals surface area contributed by atoms with Crippen LogP contribution in [-0.2, 0) is 30.6 Å². The van der Waals surface area contributed by atoms with Crippen LogP contribution in [0.5, 0.6) is 0 Å². The van der Waals surface area contributed by atoms with Crippen LogP contribution in [0.15, 0.2) is 54.7 Å². The zero-order valence-corrected chi connectivity index (χ0v) is 17.3. The summed E-state index contributed by atoms with van der Waals surface area (Å²) in [4.78, 5) is 30.9. The summed E-state index contributed by atoms with van der Waals surface area (Å²) in [6.07, 6.45) is 2.40. The molecular weight excluding hydrogens is 394 g/mol. The first-order valence-electron chi connectivity index (χ1n) is 9.91. The number of nitrogens with one attached hydrogen (secondary N) is 2. The van der Waals surface area contributed by atoms with Crippen molar-refractivity contribution in [2.75, 3.05) is 5.32 Å². The van der Waals surface area contributed by atoms with Gasteiger partial charge < -0.3 is 21.5 Å². The fraction of sp³-hybridized carbons (Fsp3) is 0.217. The number of hydrogen-bond acceptors (Lipinski definition) is 5. The van der Waals surface area contributed by atoms with Crippen molar-refractivity contribution in [3.63, 3.8) is 0 Å². The summed E-state index contributed by atoms with van der Waals surface area (Å²) in [5, 5.41) is 14.2. The first kappa shape index (κ1) is 21.8. The number of carbonyl (C=O) groups excluding carboxylic acids is 1. The third-order valence-corrected chi connectivity index (χ3v) is 4.84. The molecule has 0 saturated heterocycles. The van der Waals surface area contributed by atoms with Gasteiger partial charge in [0.1, 0.15) is 0 Å². The van der Waals surface area contributed by atoms with Crippen LogP contribution < -0.4 is 16.4 Å². The van der Waals surface area contributed by atoms with Gasteiger partial charge in [0.2, 0.25) is 11.9 Å². The fourth-order valence-electron chi connectivity index (χ4n) is 3.22. The molecule has 0 radical (unpaired) electrons. The van der Waals surface area contributed by atoms with Crippen LogP contribution in [0.2, 0.25) is 0 Å². The van der Waals surface area contributed by atoms with Crippen LogP contribution in [0.4, 0.5) is 16.4 Å². The molecule has 0 atom stereocenters. The molecule has 3 rings (SSSR count). The van der Waals surface area contributed by atoms with E-state index in [1.54, 1.807) is 6.20 Å². The maximum Gasteiger partial charge on any atom is 0.404 e. The summed E-state index contributed by atoms with van der Waals surface area (Å²) in [6, 6.07) is 15.2. The van der Waals surface area contributed by atoms with Gasteiger partial charge >= 0.3 is 6.09 Å². The molecule has 31 heavy (non-hydrogen) atoms. The number of rotatable bonds is 9. The number of anilines is 2. The van der Waals surface area contributed by atoms with Crippen molar-refractivity contribution in [2.45, 2.75) is 32.7 Å². The Morgan fingerprint density at radius 3 is 2.42 bits per heavy atom. The Labute approximate surface area is 180 Å². The van der Waals surface area contributed by atoms with Gasteiger partial charge in [-0.05, 0) is 54.2 Å². The van der Waals surface area contributed by atoms with Gasteiger partial charge in [-0.1, -0.05) is 36.4 Å². The zero-order chi connectivity index (χ0) is 22.2. The Morgan fingerprint density at radius 1 is 1.03 bits per heavy atom. The highest BCUT2D eigenvalue weighted by Crippen LogP contribution is 2.18. The SMILES string of the molecule is Cc1cnc(Nc2ccc(CNC(=O)O)cc2)nc1CCc1ccccc1CC(N)=O. The molecule has 2 aromatic carbocycles. The second-order valence-corrected chi connectivity index (χ2v) is 7.22. The van der Waals surface area contributed by atoms with E-state index in [4.69, 9.17) is 10.8 Å². The minimum absolute atomic E-state index is 0.226. The molecule has 0 bridgehead atoms. The second-order valence-electron chi connectivity index (χ2n) is 7.22. The third-order valence-electron chi connectivity index (χ3n) is 4.84. The molecule has 0 aliphatic carbocycles. The van der Waals surface area contributed by atoms with Gasteiger partial charge in [-0.3, -0.25) is 4.79 Å². The minimum Gasteiger partial charge on any atom is -0.465 e. The van der Waals surface area contributed by atoms with E-state index in [0.29, 0.717) is 12.4 Å². The number of carboxylic acid groups (broad SMARTS) is 1. The number of aromatic nitrogens is 2. The Hall–Kier alpha value is -3.94. The van der Waals surface area contributed by atoms with Crippen LogP contribution in [-0.4, -0.2) is 27.1 Å². The van der Waals surface area contributed by atoms with Crippen LogP contribution in [0, 0.1) is 6.92 Å². The number of hydrogen-bond donors (Lipinski definition) is 4. The number of benzene rings is 2. The maximum atomic E-state index is 11.3. The summed E-state index contributed by atoms with van der Waals surface area (Å²) in [5.41, 5.74) is 11.0. The molecule has 0 aliphatic rings. The molecule has 3 aromatic rings. The van der Waals surface area contributed by atoms with Crippen molar-refractivity contribution in [1.82, 2.24) is 15.3 Å². The van der Waals surface area contributed by atoms with Crippen molar-refractivity contribution >= 4 is 23.6 Å². The topological polar surface area (TPSA) is 130 Å². The molecule has 8 heteroatoms. The Kier molecular flexibility index (Phi) is 7.16. The van der Waals surface area contributed by atoms with E-state index in [-0.39, 0.29) is 18.9 Å². The summed E-state index contributed by atoms with van der Waals surface area (Å²) in [5.74, 6) is 0.143. The van der Waals surface area contributed by atoms with E-state index < -0.39 is 6.09 Å². The van der Waals surface area contributed by atoms with Gasteiger partial charge in [0.15, 0.2) is 0 Å². The lowest BCUT2D eigenvalue weighted by molar-refractivity contribution is -0.117. The number of primary amides is 1. The molecule has 0 aliphatic heterocycles. The maximum absolute atomic E-state index is 11.3. The molecule has 0 spiro atoms. The zero-order valence-electron chi connectivity index (χ0n) is 17.3. The summed E-state index contributed by atoms with van der Waals surface area (Å²) in [7, 11) is 0. The monoisotopic (exact) mass is 419 g/mol. The predicted octanol–water partition coefficient (Wildman–Crippen LogP) is 3.11. The van der Waals surface area contributed by atoms with E-state index in [1.807, 2.05) is 55.5 Å². The highest BCUT2D eigenvalue weighted by atomic mass is 16.4. The van der Waals surface area contributed by atoms with Crippen LogP contribution >= 0.6 is 0 Å². The molecule has 2 amide bonds. The van der Waals surface area contributed by atoms with Crippen LogP contribution in [0.1, 0.15) is 27.9 Å². The Bertz CT molecular complexity index is 1070. The lowest BCUT2D eigenvalue weighted by Crippen LogP contribution is -2.19. The highest BCUT2D eigenvalue weighted by molar-refractivity contribution is 5.77. The molecule has 0 unspecified atom stereocenters. The first-order chi connectivity index (χ1) is 14.9. The van der Waals surface area contributed by atoms with Crippen molar-refractivity contribution < 1.29 is 14.7 Å². The second kappa shape index (κ2) is 10.2. The summed E-state index contributed by atoms with van der Waals surface area (Å²) >= 11 is 0. The molecular formula is C23H25N5O3. The number of carbonyl (C=O) groups is 2. The van der Waals surface area contributed by atoms with Gasteiger partial charge in [0.05, 0.1) is 6.42 Å². The Morgan fingerprint density at radius 2 is 1.74 bits per heavy atom. The predicted molar refractivity (Wildman–Crippen MR) is 118 cm³/mol. The molecule has 160 valence electrons. The molecule has 0 saturated carbocycles. The first-order valence-corrected chi connectivity index (χ1v) is 9.91. The largest absolute Gasteiger partial charge is 0.465 e. The van der Waals surface area contributed by atoms with Gasteiger partial charge in [0, 0.05) is 24.1 Å². The van der Waals surface area contributed by atoms with E-state index >= 15 is 0 Å². The van der Waals surface area contributed by atoms with Gasteiger partial charge in [-0.15, -0.1) is 0 Å². The number of aryl methyl sites for hydroxylation is 3. The van der Waals surface area contributed by atoms with Crippen molar-refractivity contribution in [1.29, 1.82) is 0 Å². The third kappa shape index (κ3) is 6.53. The Balaban J connectivity index is 1.67. The van der Waals surface area contributed by atoms with E-state index in [9.17, 15) is 9.59 Å². The van der Waals surface area contributed by atoms with E-state index in [0.717, 1.165) is 40.1 Å². The lowest BCUT2D eigenvalue weighted by Gasteiger charge is -2.11. The smallest absolute Gasteiger partial charge is 0.404 e. The lowest BCUT2D eigenvalue weighted by atomic mass is 9.98. The molecule has 1 aromatic heterocycles. The molecule has 5 N–H and O–H groups in total. The average molecular weight is 419 g/mol. The fourth-order valence-corrected chi connectivity index (χ4v) is 3.22. The van der Waals surface area contributed by atoms with E-state index in [2.05, 4.69) is 20.6 Å². The van der Waals surface area contributed by atoms with Gasteiger partial charge in [0.25, 0.3) is 0 Å². The molecule has 1 heterocycles. The van der Waals surface area contributed by atoms with Crippen LogP contribution in [0.3, 0.4) is 0 Å².